The van der Waals surface area contributed by atoms with Gasteiger partial charge in [0.05, 0.1) is 0 Å². The van der Waals surface area contributed by atoms with E-state index in [1.165, 1.54) is 18.2 Å². The van der Waals surface area contributed by atoms with Crippen molar-refractivity contribution in [2.24, 2.45) is 5.92 Å². The van der Waals surface area contributed by atoms with E-state index in [0.29, 0.717) is 38.3 Å². The average Bonchev–Trinajstić information content (AvgIpc) is 2.76. The van der Waals surface area contributed by atoms with Crippen molar-refractivity contribution in [3.05, 3.63) is 68.2 Å². The van der Waals surface area contributed by atoms with Gasteiger partial charge in [0.25, 0.3) is 5.56 Å². The van der Waals surface area contributed by atoms with E-state index in [0.717, 1.165) is 5.56 Å². The van der Waals surface area contributed by atoms with Crippen LogP contribution in [0.25, 0.3) is 0 Å². The normalized spacial score (nSPS) is 18.5. The van der Waals surface area contributed by atoms with Crippen LogP contribution in [0.5, 0.6) is 0 Å². The Morgan fingerprint density at radius 2 is 1.82 bits per heavy atom. The molecule has 1 aliphatic rings. The Morgan fingerprint density at radius 1 is 1.11 bits per heavy atom. The summed E-state index contributed by atoms with van der Waals surface area (Å²) in [4.78, 5) is 44.6. The van der Waals surface area contributed by atoms with Crippen molar-refractivity contribution in [2.45, 2.75) is 39.4 Å². The number of carbonyl (C=O) groups excluding carboxylic acids is 1. The second-order valence-corrected chi connectivity index (χ2v) is 7.56. The molecule has 150 valence electrons. The van der Waals surface area contributed by atoms with E-state index in [9.17, 15) is 18.8 Å². The summed E-state index contributed by atoms with van der Waals surface area (Å²) in [6.07, 6.45) is 0.345. The fourth-order valence-electron chi connectivity index (χ4n) is 3.59. The highest BCUT2D eigenvalue weighted by Crippen LogP contribution is 2.21. The van der Waals surface area contributed by atoms with Crippen LogP contribution in [0.1, 0.15) is 31.5 Å². The summed E-state index contributed by atoms with van der Waals surface area (Å²) < 4.78 is 13.2. The van der Waals surface area contributed by atoms with E-state index >= 15 is 0 Å². The van der Waals surface area contributed by atoms with Crippen LogP contribution in [-0.4, -0.2) is 44.8 Å². The van der Waals surface area contributed by atoms with Crippen LogP contribution >= 0.6 is 0 Å². The van der Waals surface area contributed by atoms with E-state index in [2.05, 4.69) is 28.7 Å². The molecule has 1 fully saturated rings. The minimum absolute atomic E-state index is 0.0335. The fourth-order valence-corrected chi connectivity index (χ4v) is 3.59. The van der Waals surface area contributed by atoms with Crippen LogP contribution < -0.4 is 11.2 Å². The predicted molar refractivity (Wildman–Crippen MR) is 103 cm³/mol. The monoisotopic (exact) mass is 388 g/mol. The van der Waals surface area contributed by atoms with Gasteiger partial charge in [-0.3, -0.25) is 19.5 Å². The Labute approximate surface area is 162 Å². The average molecular weight is 388 g/mol. The van der Waals surface area contributed by atoms with Gasteiger partial charge in [0.1, 0.15) is 5.82 Å². The number of aromatic nitrogens is 2. The number of H-pyrrole nitrogens is 2. The zero-order valence-corrected chi connectivity index (χ0v) is 16.1. The molecule has 0 spiro atoms. The highest BCUT2D eigenvalue weighted by molar-refractivity contribution is 5.77. The second-order valence-electron chi connectivity index (χ2n) is 7.56. The van der Waals surface area contributed by atoms with Crippen LogP contribution in [0.3, 0.4) is 0 Å². The number of amides is 1. The lowest BCUT2D eigenvalue weighted by Gasteiger charge is -2.34. The zero-order chi connectivity index (χ0) is 20.3. The Morgan fingerprint density at radius 3 is 2.46 bits per heavy atom. The van der Waals surface area contributed by atoms with Crippen molar-refractivity contribution in [3.8, 4) is 0 Å². The molecule has 7 nitrogen and oxygen atoms in total. The molecule has 1 aromatic carbocycles. The largest absolute Gasteiger partial charge is 0.334 e. The van der Waals surface area contributed by atoms with Gasteiger partial charge in [-0.1, -0.05) is 26.0 Å². The van der Waals surface area contributed by atoms with Gasteiger partial charge in [0, 0.05) is 50.4 Å². The molecule has 2 heterocycles. The van der Waals surface area contributed by atoms with Crippen molar-refractivity contribution in [2.75, 3.05) is 13.1 Å². The van der Waals surface area contributed by atoms with Crippen LogP contribution in [-0.2, 0) is 17.9 Å². The Kier molecular flexibility index (Phi) is 6.08. The molecule has 3 rings (SSSR count). The first-order valence-corrected chi connectivity index (χ1v) is 9.40. The minimum atomic E-state index is -0.535. The highest BCUT2D eigenvalue weighted by Gasteiger charge is 2.31. The lowest BCUT2D eigenvalue weighted by Crippen LogP contribution is -2.46. The maximum Gasteiger partial charge on any atom is 0.325 e. The molecule has 1 aromatic heterocycles. The van der Waals surface area contributed by atoms with E-state index in [4.69, 9.17) is 0 Å². The molecule has 0 saturated carbocycles. The molecule has 2 aromatic rings. The lowest BCUT2D eigenvalue weighted by molar-refractivity contribution is -0.134. The summed E-state index contributed by atoms with van der Waals surface area (Å²) >= 11 is 0. The quantitative estimate of drug-likeness (QED) is 0.812. The van der Waals surface area contributed by atoms with Crippen LogP contribution in [0.2, 0.25) is 0 Å². The number of nitrogens with zero attached hydrogens (tertiary/aromatic N) is 2. The van der Waals surface area contributed by atoms with Gasteiger partial charge in [-0.05, 0) is 23.6 Å². The van der Waals surface area contributed by atoms with Crippen LogP contribution in [0.4, 0.5) is 4.39 Å². The second kappa shape index (κ2) is 8.52. The lowest BCUT2D eigenvalue weighted by atomic mass is 10.0. The number of benzene rings is 1. The molecule has 0 unspecified atom stereocenters. The summed E-state index contributed by atoms with van der Waals surface area (Å²) in [5.74, 6) is -0.0440. The number of carbonyl (C=O) groups is 1. The minimum Gasteiger partial charge on any atom is -0.334 e. The number of aromatic amines is 2. The van der Waals surface area contributed by atoms with Gasteiger partial charge in [-0.2, -0.15) is 0 Å². The molecule has 8 heteroatoms. The van der Waals surface area contributed by atoms with Crippen LogP contribution in [0.15, 0.2) is 39.9 Å². The number of hydrogen-bond acceptors (Lipinski definition) is 4. The SMILES string of the molecule is CC(C)[C@@H]1CN(Cc2cc(=O)[nH]c(=O)[nH]2)CCC(=O)N1Cc1ccc(F)cc1. The predicted octanol–water partition coefficient (Wildman–Crippen LogP) is 1.46. The fraction of sp³-hybridized carbons (Fsp3) is 0.450. The number of hydrogen-bond donors (Lipinski definition) is 2. The van der Waals surface area contributed by atoms with Gasteiger partial charge in [-0.15, -0.1) is 0 Å². The van der Waals surface area contributed by atoms with Crippen molar-refractivity contribution >= 4 is 5.91 Å². The molecular weight excluding hydrogens is 363 g/mol. The Hall–Kier alpha value is -2.74. The first kappa shape index (κ1) is 20.0. The number of halogens is 1. The summed E-state index contributed by atoms with van der Waals surface area (Å²) in [5, 5.41) is 0. The number of rotatable bonds is 5. The molecule has 1 atom stereocenters. The summed E-state index contributed by atoms with van der Waals surface area (Å²) in [7, 11) is 0. The summed E-state index contributed by atoms with van der Waals surface area (Å²) in [6, 6.07) is 7.53. The molecule has 28 heavy (non-hydrogen) atoms. The molecule has 0 aliphatic carbocycles. The molecular formula is C20H25FN4O3. The molecule has 2 N–H and O–H groups in total. The van der Waals surface area contributed by atoms with E-state index in [-0.39, 0.29) is 23.7 Å². The van der Waals surface area contributed by atoms with Crippen molar-refractivity contribution in [1.29, 1.82) is 0 Å². The Balaban J connectivity index is 1.79. The van der Waals surface area contributed by atoms with Gasteiger partial charge >= 0.3 is 5.69 Å². The molecule has 1 amide bonds. The summed E-state index contributed by atoms with van der Waals surface area (Å²) in [5.41, 5.74) is 0.429. The molecule has 0 bridgehead atoms. The van der Waals surface area contributed by atoms with E-state index in [1.807, 2.05) is 4.90 Å². The highest BCUT2D eigenvalue weighted by atomic mass is 19.1. The standard InChI is InChI=1S/C20H25FN4O3/c1-13(2)17-12-24(11-16-9-18(26)23-20(28)22-16)8-7-19(27)25(17)10-14-3-5-15(21)6-4-14/h3-6,9,13,17H,7-8,10-12H2,1-2H3,(H2,22,23,26,28)/t17-/m0/s1. The van der Waals surface area contributed by atoms with Gasteiger partial charge in [0.15, 0.2) is 0 Å². The van der Waals surface area contributed by atoms with Crippen molar-refractivity contribution < 1.29 is 9.18 Å². The third-order valence-corrected chi connectivity index (χ3v) is 5.05. The Bertz CT molecular complexity index is 907. The van der Waals surface area contributed by atoms with Gasteiger partial charge < -0.3 is 9.88 Å². The molecule has 1 aliphatic heterocycles. The maximum absolute atomic E-state index is 13.2. The number of nitrogens with one attached hydrogen (secondary N) is 2. The summed E-state index contributed by atoms with van der Waals surface area (Å²) in [6.45, 7) is 6.11. The van der Waals surface area contributed by atoms with E-state index in [1.54, 1.807) is 12.1 Å². The smallest absolute Gasteiger partial charge is 0.325 e. The topological polar surface area (TPSA) is 89.3 Å². The zero-order valence-electron chi connectivity index (χ0n) is 16.1. The van der Waals surface area contributed by atoms with Crippen LogP contribution in [0, 0.1) is 11.7 Å². The van der Waals surface area contributed by atoms with E-state index < -0.39 is 11.2 Å². The molecule has 0 radical (unpaired) electrons. The van der Waals surface area contributed by atoms with Gasteiger partial charge in [0.2, 0.25) is 5.91 Å². The van der Waals surface area contributed by atoms with Crippen molar-refractivity contribution in [1.82, 2.24) is 19.8 Å². The maximum atomic E-state index is 13.2. The first-order valence-electron chi connectivity index (χ1n) is 9.40. The third kappa shape index (κ3) is 4.95. The molecule has 1 saturated heterocycles. The first-order chi connectivity index (χ1) is 13.3. The third-order valence-electron chi connectivity index (χ3n) is 5.05. The van der Waals surface area contributed by atoms with Gasteiger partial charge in [-0.25, -0.2) is 9.18 Å². The van der Waals surface area contributed by atoms with Crippen molar-refractivity contribution in [3.63, 3.8) is 0 Å².